The van der Waals surface area contributed by atoms with E-state index in [-0.39, 0.29) is 0 Å². The van der Waals surface area contributed by atoms with E-state index in [4.69, 9.17) is 21.3 Å². The molecule has 2 aliphatic rings. The van der Waals surface area contributed by atoms with Gasteiger partial charge in [-0.05, 0) is 44.2 Å². The Balaban J connectivity index is 1.17. The summed E-state index contributed by atoms with van der Waals surface area (Å²) >= 11 is 8.28. The Labute approximate surface area is 274 Å². The predicted molar refractivity (Wildman–Crippen MR) is 187 cm³/mol. The molecular weight excluding hydrogens is 608 g/mol. The third-order valence-electron chi connectivity index (χ3n) is 8.56. The van der Waals surface area contributed by atoms with Crippen LogP contribution < -0.4 is 24.6 Å². The van der Waals surface area contributed by atoms with E-state index < -0.39 is 0 Å². The van der Waals surface area contributed by atoms with Crippen molar-refractivity contribution in [1.82, 2.24) is 29.7 Å². The summed E-state index contributed by atoms with van der Waals surface area (Å²) in [5, 5.41) is 7.16. The minimum absolute atomic E-state index is 0.402. The van der Waals surface area contributed by atoms with Crippen molar-refractivity contribution >= 4 is 69.1 Å². The lowest BCUT2D eigenvalue weighted by Crippen LogP contribution is -2.52. The van der Waals surface area contributed by atoms with Crippen LogP contribution in [0, 0.1) is 0 Å². The number of nitrogens with zero attached hydrogens (tertiary/aromatic N) is 8. The number of nitrogens with one attached hydrogen (secondary N) is 2. The first-order valence-electron chi connectivity index (χ1n) is 15.5. The highest BCUT2D eigenvalue weighted by atomic mass is 35.5. The molecule has 2 aliphatic heterocycles. The van der Waals surface area contributed by atoms with Gasteiger partial charge >= 0.3 is 0 Å². The summed E-state index contributed by atoms with van der Waals surface area (Å²) < 4.78 is 7.90. The lowest BCUT2D eigenvalue weighted by atomic mass is 10.0. The molecule has 2 aromatic heterocycles. The first-order chi connectivity index (χ1) is 21.9. The molecule has 4 heterocycles. The van der Waals surface area contributed by atoms with Gasteiger partial charge < -0.3 is 29.5 Å². The van der Waals surface area contributed by atoms with Crippen LogP contribution in [0.2, 0.25) is 5.02 Å². The number of likely N-dealkylation sites (N-methyl/N-ethyl adjacent to an activating group) is 1. The number of anilines is 6. The summed E-state index contributed by atoms with van der Waals surface area (Å²) in [5.74, 6) is 2.52. The van der Waals surface area contributed by atoms with E-state index in [1.165, 1.54) is 25.9 Å². The molecule has 6 rings (SSSR count). The third kappa shape index (κ3) is 7.14. The zero-order valence-electron chi connectivity index (χ0n) is 26.3. The van der Waals surface area contributed by atoms with Crippen molar-refractivity contribution in [3.05, 3.63) is 53.9 Å². The molecule has 2 aromatic carbocycles. The van der Waals surface area contributed by atoms with E-state index in [1.54, 1.807) is 37.6 Å². The minimum Gasteiger partial charge on any atom is -0.494 e. The van der Waals surface area contributed by atoms with Crippen LogP contribution in [-0.4, -0.2) is 102 Å². The van der Waals surface area contributed by atoms with Gasteiger partial charge in [0.15, 0.2) is 5.82 Å². The molecule has 0 amide bonds. The Morgan fingerprint density at radius 1 is 0.978 bits per heavy atom. The van der Waals surface area contributed by atoms with E-state index in [1.807, 2.05) is 25.2 Å². The maximum Gasteiger partial charge on any atom is 0.229 e. The fourth-order valence-corrected chi connectivity index (χ4v) is 6.96. The molecular formula is C32H41ClN10OS. The largest absolute Gasteiger partial charge is 0.494 e. The standard InChI is InChI=1S/C32H41ClN10OS/c1-5-45-41(3)30-27(9-8-26-29(30)35-13-12-34-26)37-31-24(33)21-36-32(39-31)38-25-7-6-23(20-28(25)44-4)42-14-10-22(11-15-42)43-18-16-40(2)17-19-43/h6-9,12-13,20-22H,5,10-11,14-19H2,1-4H3,(H2,36,37,38,39). The Hall–Kier alpha value is -3.58. The number of ether oxygens (including phenoxy) is 1. The Kier molecular flexibility index (Phi) is 9.94. The highest BCUT2D eigenvalue weighted by Gasteiger charge is 2.27. The second-order valence-electron chi connectivity index (χ2n) is 11.4. The Bertz CT molecular complexity index is 1610. The molecule has 2 N–H and O–H groups in total. The number of piperazine rings is 1. The van der Waals surface area contributed by atoms with Crippen molar-refractivity contribution in [3.8, 4) is 5.75 Å². The highest BCUT2D eigenvalue weighted by Crippen LogP contribution is 2.38. The highest BCUT2D eigenvalue weighted by molar-refractivity contribution is 8.00. The van der Waals surface area contributed by atoms with Gasteiger partial charge in [0.1, 0.15) is 16.3 Å². The number of benzene rings is 2. The number of halogens is 1. The fraction of sp³-hybridized carbons (Fsp3) is 0.438. The van der Waals surface area contributed by atoms with Crippen LogP contribution in [-0.2, 0) is 0 Å². The van der Waals surface area contributed by atoms with Crippen LogP contribution in [0.15, 0.2) is 48.9 Å². The van der Waals surface area contributed by atoms with Crippen LogP contribution in [0.25, 0.3) is 11.0 Å². The molecule has 0 bridgehead atoms. The number of hydrogen-bond donors (Lipinski definition) is 2. The van der Waals surface area contributed by atoms with Gasteiger partial charge in [-0.25, -0.2) is 4.98 Å². The van der Waals surface area contributed by atoms with Crippen molar-refractivity contribution in [3.63, 3.8) is 0 Å². The van der Waals surface area contributed by atoms with Crippen LogP contribution in [0.3, 0.4) is 0 Å². The van der Waals surface area contributed by atoms with Gasteiger partial charge in [0.05, 0.1) is 35.9 Å². The Morgan fingerprint density at radius 2 is 1.73 bits per heavy atom. The first kappa shape index (κ1) is 31.4. The van der Waals surface area contributed by atoms with Gasteiger partial charge in [0.2, 0.25) is 5.95 Å². The molecule has 13 heteroatoms. The van der Waals surface area contributed by atoms with Gasteiger partial charge in [-0.3, -0.25) is 14.9 Å². The summed E-state index contributed by atoms with van der Waals surface area (Å²) in [4.78, 5) is 25.8. The number of rotatable bonds is 10. The number of aromatic nitrogens is 4. The smallest absolute Gasteiger partial charge is 0.229 e. The summed E-state index contributed by atoms with van der Waals surface area (Å²) in [5.41, 5.74) is 5.27. The number of fused-ring (bicyclic) bond motifs is 1. The second-order valence-corrected chi connectivity index (χ2v) is 13.2. The molecule has 11 nitrogen and oxygen atoms in total. The molecule has 0 atom stereocenters. The van der Waals surface area contributed by atoms with Crippen molar-refractivity contribution in [2.45, 2.75) is 25.8 Å². The third-order valence-corrected chi connectivity index (χ3v) is 9.67. The maximum atomic E-state index is 6.59. The minimum atomic E-state index is 0.402. The SMILES string of the molecule is CCSN(C)c1c(Nc2nc(Nc3ccc(N4CCC(N5CCN(C)CC5)CC4)cc3OC)ncc2Cl)ccc2nccnc12. The summed E-state index contributed by atoms with van der Waals surface area (Å²) in [7, 11) is 5.92. The molecule has 0 saturated carbocycles. The average Bonchev–Trinajstić information content (AvgIpc) is 3.07. The van der Waals surface area contributed by atoms with Crippen LogP contribution in [0.4, 0.5) is 34.5 Å². The quantitative estimate of drug-likeness (QED) is 0.201. The molecule has 0 unspecified atom stereocenters. The van der Waals surface area contributed by atoms with E-state index in [0.29, 0.717) is 22.8 Å². The zero-order chi connectivity index (χ0) is 31.3. The topological polar surface area (TPSA) is 97.8 Å². The monoisotopic (exact) mass is 648 g/mol. The van der Waals surface area contributed by atoms with Gasteiger partial charge in [-0.2, -0.15) is 4.98 Å². The fourth-order valence-electron chi connectivity index (χ4n) is 6.12. The van der Waals surface area contributed by atoms with Crippen molar-refractivity contribution < 1.29 is 4.74 Å². The maximum absolute atomic E-state index is 6.59. The van der Waals surface area contributed by atoms with Gasteiger partial charge in [-0.15, -0.1) is 0 Å². The van der Waals surface area contributed by atoms with Crippen molar-refractivity contribution in [2.24, 2.45) is 0 Å². The van der Waals surface area contributed by atoms with Gasteiger partial charge in [0, 0.05) is 82.3 Å². The normalized spacial score (nSPS) is 16.6. The molecule has 4 aromatic rings. The van der Waals surface area contributed by atoms with Gasteiger partial charge in [-0.1, -0.05) is 30.5 Å². The number of piperidine rings is 1. The predicted octanol–water partition coefficient (Wildman–Crippen LogP) is 5.89. The molecule has 0 spiro atoms. The van der Waals surface area contributed by atoms with E-state index in [0.717, 1.165) is 71.5 Å². The molecule has 2 saturated heterocycles. The Morgan fingerprint density at radius 3 is 2.49 bits per heavy atom. The first-order valence-corrected chi connectivity index (χ1v) is 16.8. The number of methoxy groups -OCH3 is 1. The number of hydrogen-bond acceptors (Lipinski definition) is 12. The van der Waals surface area contributed by atoms with Crippen LogP contribution >= 0.6 is 23.5 Å². The molecule has 238 valence electrons. The lowest BCUT2D eigenvalue weighted by molar-refractivity contribution is 0.0982. The summed E-state index contributed by atoms with van der Waals surface area (Å²) in [6.45, 7) is 8.86. The summed E-state index contributed by atoms with van der Waals surface area (Å²) in [6, 6.07) is 10.8. The van der Waals surface area contributed by atoms with E-state index in [2.05, 4.69) is 70.7 Å². The van der Waals surface area contributed by atoms with E-state index >= 15 is 0 Å². The molecule has 2 fully saturated rings. The van der Waals surface area contributed by atoms with Crippen LogP contribution in [0.1, 0.15) is 19.8 Å². The second kappa shape index (κ2) is 14.2. The molecule has 45 heavy (non-hydrogen) atoms. The van der Waals surface area contributed by atoms with Crippen molar-refractivity contribution in [2.75, 3.05) is 86.1 Å². The van der Waals surface area contributed by atoms with Gasteiger partial charge in [0.25, 0.3) is 0 Å². The molecule has 0 aliphatic carbocycles. The van der Waals surface area contributed by atoms with E-state index in [9.17, 15) is 0 Å². The average molecular weight is 649 g/mol. The van der Waals surface area contributed by atoms with Crippen molar-refractivity contribution in [1.29, 1.82) is 0 Å². The van der Waals surface area contributed by atoms with Crippen LogP contribution in [0.5, 0.6) is 5.75 Å². The lowest BCUT2D eigenvalue weighted by Gasteiger charge is -2.42. The summed E-state index contributed by atoms with van der Waals surface area (Å²) in [6.07, 6.45) is 7.35. The molecule has 0 radical (unpaired) electrons. The zero-order valence-corrected chi connectivity index (χ0v) is 27.9.